The number of hydrogen-bond donors (Lipinski definition) is 2. The molecular weight excluding hydrogens is 256 g/mol. The van der Waals surface area contributed by atoms with E-state index >= 15 is 0 Å². The van der Waals surface area contributed by atoms with Gasteiger partial charge < -0.3 is 15.2 Å². The first-order chi connectivity index (χ1) is 9.38. The predicted octanol–water partition coefficient (Wildman–Crippen LogP) is 1.91. The number of hydrogen-bond acceptors (Lipinski definition) is 5. The lowest BCUT2D eigenvalue weighted by atomic mass is 9.82. The Hall–Kier alpha value is -1.43. The lowest BCUT2D eigenvalue weighted by Gasteiger charge is -2.27. The summed E-state index contributed by atoms with van der Waals surface area (Å²) in [6.45, 7) is 10.1. The van der Waals surface area contributed by atoms with E-state index in [0.717, 1.165) is 19.4 Å². The Bertz CT molecular complexity index is 458. The van der Waals surface area contributed by atoms with E-state index in [0.29, 0.717) is 18.4 Å². The van der Waals surface area contributed by atoms with Crippen molar-refractivity contribution >= 4 is 5.91 Å². The minimum Gasteiger partial charge on any atom is -0.349 e. The van der Waals surface area contributed by atoms with Crippen LogP contribution in [0.5, 0.6) is 0 Å². The van der Waals surface area contributed by atoms with E-state index in [-0.39, 0.29) is 23.2 Å². The molecular formula is C14H24N4O2. The number of nitrogens with zero attached hydrogens (tertiary/aromatic N) is 2. The van der Waals surface area contributed by atoms with E-state index in [4.69, 9.17) is 4.52 Å². The zero-order valence-electron chi connectivity index (χ0n) is 12.7. The second kappa shape index (κ2) is 5.91. The van der Waals surface area contributed by atoms with Gasteiger partial charge in [0.15, 0.2) is 0 Å². The fourth-order valence-electron chi connectivity index (χ4n) is 2.00. The predicted molar refractivity (Wildman–Crippen MR) is 75.2 cm³/mol. The van der Waals surface area contributed by atoms with E-state index in [1.165, 1.54) is 0 Å². The molecule has 2 unspecified atom stereocenters. The molecule has 1 aliphatic rings. The Labute approximate surface area is 119 Å². The van der Waals surface area contributed by atoms with Crippen molar-refractivity contribution in [3.05, 3.63) is 11.7 Å². The zero-order chi connectivity index (χ0) is 14.8. The average molecular weight is 280 g/mol. The van der Waals surface area contributed by atoms with Crippen molar-refractivity contribution in [2.24, 2.45) is 11.3 Å². The van der Waals surface area contributed by atoms with Gasteiger partial charge in [0.2, 0.25) is 5.89 Å². The maximum absolute atomic E-state index is 12.0. The van der Waals surface area contributed by atoms with Crippen LogP contribution in [-0.4, -0.2) is 29.1 Å². The van der Waals surface area contributed by atoms with Crippen LogP contribution in [-0.2, 0) is 0 Å². The number of nitrogens with one attached hydrogen (secondary N) is 2. The first-order valence-electron chi connectivity index (χ1n) is 7.23. The average Bonchev–Trinajstić information content (AvgIpc) is 3.03. The Morgan fingerprint density at radius 1 is 1.55 bits per heavy atom. The van der Waals surface area contributed by atoms with E-state index in [1.54, 1.807) is 0 Å². The van der Waals surface area contributed by atoms with Gasteiger partial charge in [0.05, 0.1) is 6.04 Å². The van der Waals surface area contributed by atoms with Gasteiger partial charge in [-0.15, -0.1) is 0 Å². The molecule has 6 heteroatoms. The molecule has 1 aromatic heterocycles. The van der Waals surface area contributed by atoms with Gasteiger partial charge in [0, 0.05) is 6.54 Å². The molecule has 0 bridgehead atoms. The monoisotopic (exact) mass is 280 g/mol. The number of rotatable bonds is 4. The summed E-state index contributed by atoms with van der Waals surface area (Å²) in [6.07, 6.45) is 2.07. The summed E-state index contributed by atoms with van der Waals surface area (Å²) in [5, 5.41) is 9.89. The fourth-order valence-corrected chi connectivity index (χ4v) is 2.00. The maximum atomic E-state index is 12.0. The summed E-state index contributed by atoms with van der Waals surface area (Å²) in [5.74, 6) is 0.731. The van der Waals surface area contributed by atoms with Crippen LogP contribution in [0.4, 0.5) is 0 Å². The molecule has 2 rings (SSSR count). The molecule has 0 aliphatic carbocycles. The summed E-state index contributed by atoms with van der Waals surface area (Å²) in [7, 11) is 0. The number of aromatic nitrogens is 2. The summed E-state index contributed by atoms with van der Waals surface area (Å²) in [4.78, 5) is 16.2. The third-order valence-electron chi connectivity index (χ3n) is 4.05. The van der Waals surface area contributed by atoms with Crippen LogP contribution in [0.1, 0.15) is 63.1 Å². The molecule has 1 fully saturated rings. The number of carbonyl (C=O) groups excluding carboxylic acids is 1. The van der Waals surface area contributed by atoms with Crippen LogP contribution in [0, 0.1) is 11.3 Å². The van der Waals surface area contributed by atoms with Gasteiger partial charge in [0.1, 0.15) is 0 Å². The maximum Gasteiger partial charge on any atom is 0.292 e. The Balaban J connectivity index is 1.89. The van der Waals surface area contributed by atoms with Crippen LogP contribution in [0.3, 0.4) is 0 Å². The summed E-state index contributed by atoms with van der Waals surface area (Å²) >= 11 is 0. The third-order valence-corrected chi connectivity index (χ3v) is 4.05. The molecule has 20 heavy (non-hydrogen) atoms. The first-order valence-corrected chi connectivity index (χ1v) is 7.23. The van der Waals surface area contributed by atoms with Gasteiger partial charge in [-0.1, -0.05) is 32.9 Å². The summed E-state index contributed by atoms with van der Waals surface area (Å²) < 4.78 is 5.16. The highest BCUT2D eigenvalue weighted by Crippen LogP contribution is 2.24. The molecule has 0 radical (unpaired) electrons. The van der Waals surface area contributed by atoms with Gasteiger partial charge in [-0.05, 0) is 30.7 Å². The van der Waals surface area contributed by atoms with Gasteiger partial charge in [-0.3, -0.25) is 4.79 Å². The molecule has 2 atom stereocenters. The molecule has 1 aliphatic heterocycles. The van der Waals surface area contributed by atoms with E-state index in [1.807, 2.05) is 0 Å². The van der Waals surface area contributed by atoms with Crippen LogP contribution in [0.15, 0.2) is 4.52 Å². The summed E-state index contributed by atoms with van der Waals surface area (Å²) in [5.41, 5.74) is 0.156. The van der Waals surface area contributed by atoms with Crippen LogP contribution in [0.25, 0.3) is 0 Å². The zero-order valence-corrected chi connectivity index (χ0v) is 12.7. The van der Waals surface area contributed by atoms with Gasteiger partial charge >= 0.3 is 0 Å². The van der Waals surface area contributed by atoms with Crippen molar-refractivity contribution < 1.29 is 9.32 Å². The normalized spacial score (nSPS) is 20.9. The molecule has 6 nitrogen and oxygen atoms in total. The largest absolute Gasteiger partial charge is 0.349 e. The van der Waals surface area contributed by atoms with Crippen molar-refractivity contribution in [2.75, 3.05) is 13.1 Å². The van der Waals surface area contributed by atoms with Gasteiger partial charge in [-0.2, -0.15) is 4.98 Å². The molecule has 1 aromatic rings. The van der Waals surface area contributed by atoms with Crippen LogP contribution >= 0.6 is 0 Å². The summed E-state index contributed by atoms with van der Waals surface area (Å²) in [6, 6.07) is 0.0950. The molecule has 0 spiro atoms. The highest BCUT2D eigenvalue weighted by Gasteiger charge is 2.25. The second-order valence-corrected chi connectivity index (χ2v) is 6.58. The smallest absolute Gasteiger partial charge is 0.292 e. The number of amides is 1. The standard InChI is InChI=1S/C14H24N4O2/c1-9(14(2,3)4)8-16-12(19)11-17-13(20-18-11)10-6-5-7-15-10/h9-10,15H,5-8H2,1-4H3,(H,16,19). The molecule has 1 saturated heterocycles. The Morgan fingerprint density at radius 3 is 2.90 bits per heavy atom. The first kappa shape index (κ1) is 15.0. The SMILES string of the molecule is CC(CNC(=O)c1noc(C2CCCN2)n1)C(C)(C)C. The van der Waals surface area contributed by atoms with Crippen molar-refractivity contribution in [2.45, 2.75) is 46.6 Å². The third kappa shape index (κ3) is 3.56. The van der Waals surface area contributed by atoms with Crippen molar-refractivity contribution in [3.63, 3.8) is 0 Å². The highest BCUT2D eigenvalue weighted by atomic mass is 16.5. The number of carbonyl (C=O) groups is 1. The molecule has 112 valence electrons. The van der Waals surface area contributed by atoms with E-state index in [2.05, 4.69) is 48.5 Å². The van der Waals surface area contributed by atoms with Gasteiger partial charge in [0.25, 0.3) is 11.7 Å². The fraction of sp³-hybridized carbons (Fsp3) is 0.786. The molecule has 2 N–H and O–H groups in total. The Morgan fingerprint density at radius 2 is 2.30 bits per heavy atom. The molecule has 1 amide bonds. The highest BCUT2D eigenvalue weighted by molar-refractivity contribution is 5.90. The van der Waals surface area contributed by atoms with E-state index in [9.17, 15) is 4.79 Å². The Kier molecular flexibility index (Phi) is 4.42. The van der Waals surface area contributed by atoms with Gasteiger partial charge in [-0.25, -0.2) is 0 Å². The molecule has 2 heterocycles. The topological polar surface area (TPSA) is 80.0 Å². The van der Waals surface area contributed by atoms with Crippen molar-refractivity contribution in [1.29, 1.82) is 0 Å². The van der Waals surface area contributed by atoms with Crippen molar-refractivity contribution in [3.8, 4) is 0 Å². The van der Waals surface area contributed by atoms with Crippen LogP contribution in [0.2, 0.25) is 0 Å². The quantitative estimate of drug-likeness (QED) is 0.880. The lowest BCUT2D eigenvalue weighted by Crippen LogP contribution is -2.34. The lowest BCUT2D eigenvalue weighted by molar-refractivity contribution is 0.0923. The van der Waals surface area contributed by atoms with E-state index < -0.39 is 0 Å². The second-order valence-electron chi connectivity index (χ2n) is 6.58. The minimum absolute atomic E-state index is 0.0950. The van der Waals surface area contributed by atoms with Crippen LogP contribution < -0.4 is 10.6 Å². The molecule has 0 saturated carbocycles. The molecule has 0 aromatic carbocycles. The van der Waals surface area contributed by atoms with Crippen molar-refractivity contribution in [1.82, 2.24) is 20.8 Å². The minimum atomic E-state index is -0.269.